The third-order valence-electron chi connectivity index (χ3n) is 3.72. The molecule has 26 heavy (non-hydrogen) atoms. The van der Waals surface area contributed by atoms with Gasteiger partial charge in [0.2, 0.25) is 0 Å². The highest BCUT2D eigenvalue weighted by atomic mass is 32.2. The Kier molecular flexibility index (Phi) is 4.94. The normalized spacial score (nSPS) is 11.1. The lowest BCUT2D eigenvalue weighted by Gasteiger charge is -2.09. The number of hydrogen-bond acceptors (Lipinski definition) is 5. The average molecular weight is 369 g/mol. The molecule has 0 atom stereocenters. The Morgan fingerprint density at radius 1 is 0.923 bits per heavy atom. The number of pyridine rings is 1. The predicted octanol–water partition coefficient (Wildman–Crippen LogP) is 3.38. The Bertz CT molecular complexity index is 1020. The molecular weight excluding hydrogens is 354 g/mol. The third-order valence-corrected chi connectivity index (χ3v) is 5.14. The highest BCUT2D eigenvalue weighted by Gasteiger charge is 2.25. The highest BCUT2D eigenvalue weighted by molar-refractivity contribution is 7.92. The van der Waals surface area contributed by atoms with Gasteiger partial charge in [0.15, 0.2) is 4.90 Å². The summed E-state index contributed by atoms with van der Waals surface area (Å²) in [7, 11) is -4.06. The maximum absolute atomic E-state index is 12.5. The van der Waals surface area contributed by atoms with Gasteiger partial charge in [-0.15, -0.1) is 0 Å². The summed E-state index contributed by atoms with van der Waals surface area (Å²) in [6.07, 6.45) is 4.12. The van der Waals surface area contributed by atoms with Gasteiger partial charge in [-0.05, 0) is 47.9 Å². The summed E-state index contributed by atoms with van der Waals surface area (Å²) in [4.78, 5) is 13.9. The fraction of sp³-hybridized carbons (Fsp3) is 0.0556. The molecule has 0 aliphatic carbocycles. The Balaban J connectivity index is 1.79. The van der Waals surface area contributed by atoms with Crippen molar-refractivity contribution in [3.05, 3.63) is 94.3 Å². The van der Waals surface area contributed by atoms with E-state index in [4.69, 9.17) is 0 Å². The summed E-state index contributed by atoms with van der Waals surface area (Å²) in [5.41, 5.74) is 1.97. The van der Waals surface area contributed by atoms with Crippen molar-refractivity contribution in [3.8, 4) is 0 Å². The number of nitrogens with zero attached hydrogens (tertiary/aromatic N) is 2. The van der Waals surface area contributed by atoms with Crippen LogP contribution in [-0.4, -0.2) is 18.3 Å². The van der Waals surface area contributed by atoms with Gasteiger partial charge in [-0.1, -0.05) is 24.3 Å². The van der Waals surface area contributed by atoms with E-state index in [2.05, 4.69) is 9.71 Å². The van der Waals surface area contributed by atoms with Crippen molar-refractivity contribution < 1.29 is 13.3 Å². The number of nitro benzene ring substituents is 1. The molecule has 0 saturated heterocycles. The van der Waals surface area contributed by atoms with Crippen molar-refractivity contribution in [2.45, 2.75) is 11.3 Å². The van der Waals surface area contributed by atoms with Gasteiger partial charge >= 0.3 is 0 Å². The van der Waals surface area contributed by atoms with Gasteiger partial charge in [0.05, 0.1) is 4.92 Å². The van der Waals surface area contributed by atoms with Crippen molar-refractivity contribution in [2.75, 3.05) is 4.72 Å². The fourth-order valence-electron chi connectivity index (χ4n) is 2.47. The molecule has 0 aliphatic heterocycles. The highest BCUT2D eigenvalue weighted by Crippen LogP contribution is 2.25. The van der Waals surface area contributed by atoms with Crippen molar-refractivity contribution >= 4 is 21.4 Å². The SMILES string of the molecule is O=[N+]([O-])c1ccccc1S(=O)(=O)Nc1ccc(Cc2ccncc2)cc1. The molecule has 3 rings (SSSR count). The Morgan fingerprint density at radius 2 is 1.54 bits per heavy atom. The van der Waals surface area contributed by atoms with Crippen LogP contribution in [0.3, 0.4) is 0 Å². The smallest absolute Gasteiger partial charge is 0.279 e. The molecule has 7 nitrogen and oxygen atoms in total. The number of aromatic nitrogens is 1. The molecule has 2 aromatic carbocycles. The van der Waals surface area contributed by atoms with Gasteiger partial charge in [0.25, 0.3) is 15.7 Å². The van der Waals surface area contributed by atoms with E-state index in [1.807, 2.05) is 12.1 Å². The van der Waals surface area contributed by atoms with Crippen LogP contribution in [0.25, 0.3) is 0 Å². The molecule has 0 bridgehead atoms. The monoisotopic (exact) mass is 369 g/mol. The number of nitro groups is 1. The second kappa shape index (κ2) is 7.32. The molecule has 8 heteroatoms. The summed E-state index contributed by atoms with van der Waals surface area (Å²) in [6.45, 7) is 0. The van der Waals surface area contributed by atoms with Crippen LogP contribution in [0.15, 0.2) is 78.0 Å². The molecule has 0 unspecified atom stereocenters. The molecule has 1 N–H and O–H groups in total. The van der Waals surface area contributed by atoms with Crippen molar-refractivity contribution in [2.24, 2.45) is 0 Å². The summed E-state index contributed by atoms with van der Waals surface area (Å²) in [6, 6.07) is 15.9. The van der Waals surface area contributed by atoms with Gasteiger partial charge in [-0.3, -0.25) is 19.8 Å². The van der Waals surface area contributed by atoms with Crippen LogP contribution in [0.5, 0.6) is 0 Å². The Labute approximate surface area is 150 Å². The van der Waals surface area contributed by atoms with Gasteiger partial charge in [-0.2, -0.15) is 0 Å². The molecule has 0 saturated carbocycles. The molecule has 0 radical (unpaired) electrons. The number of sulfonamides is 1. The summed E-state index contributed by atoms with van der Waals surface area (Å²) < 4.78 is 27.3. The fourth-order valence-corrected chi connectivity index (χ4v) is 3.70. The maximum Gasteiger partial charge on any atom is 0.289 e. The first kappa shape index (κ1) is 17.6. The number of para-hydroxylation sites is 1. The number of hydrogen-bond donors (Lipinski definition) is 1. The first-order valence-electron chi connectivity index (χ1n) is 7.70. The molecule has 0 amide bonds. The molecule has 1 heterocycles. The molecule has 1 aromatic heterocycles. The quantitative estimate of drug-likeness (QED) is 0.530. The molecule has 0 fully saturated rings. The van der Waals surface area contributed by atoms with Crippen LogP contribution in [0.4, 0.5) is 11.4 Å². The van der Waals surface area contributed by atoms with Crippen LogP contribution in [0.1, 0.15) is 11.1 Å². The lowest BCUT2D eigenvalue weighted by atomic mass is 10.1. The minimum atomic E-state index is -4.06. The second-order valence-corrected chi connectivity index (χ2v) is 7.21. The first-order chi connectivity index (χ1) is 12.5. The average Bonchev–Trinajstić information content (AvgIpc) is 2.64. The summed E-state index contributed by atoms with van der Waals surface area (Å²) in [5.74, 6) is 0. The zero-order chi connectivity index (χ0) is 18.6. The zero-order valence-corrected chi connectivity index (χ0v) is 14.4. The number of anilines is 1. The van der Waals surface area contributed by atoms with Gasteiger partial charge in [0, 0.05) is 24.1 Å². The molecule has 132 valence electrons. The zero-order valence-electron chi connectivity index (χ0n) is 13.6. The predicted molar refractivity (Wildman–Crippen MR) is 97.4 cm³/mol. The largest absolute Gasteiger partial charge is 0.289 e. The van der Waals surface area contributed by atoms with E-state index in [1.165, 1.54) is 18.2 Å². The topological polar surface area (TPSA) is 102 Å². The standard InChI is InChI=1S/C18H15N3O4S/c22-21(23)17-3-1-2-4-18(17)26(24,25)20-16-7-5-14(6-8-16)13-15-9-11-19-12-10-15/h1-12,20H,13H2. The van der Waals surface area contributed by atoms with Crippen LogP contribution >= 0.6 is 0 Å². The van der Waals surface area contributed by atoms with Crippen molar-refractivity contribution in [3.63, 3.8) is 0 Å². The Hall–Kier alpha value is -3.26. The van der Waals surface area contributed by atoms with E-state index >= 15 is 0 Å². The van der Waals surface area contributed by atoms with E-state index in [1.54, 1.807) is 36.7 Å². The van der Waals surface area contributed by atoms with Crippen LogP contribution in [-0.2, 0) is 16.4 Å². The number of benzene rings is 2. The van der Waals surface area contributed by atoms with E-state index < -0.39 is 20.6 Å². The van der Waals surface area contributed by atoms with E-state index in [9.17, 15) is 18.5 Å². The molecule has 3 aromatic rings. The van der Waals surface area contributed by atoms with Gasteiger partial charge in [-0.25, -0.2) is 8.42 Å². The van der Waals surface area contributed by atoms with Crippen LogP contribution in [0.2, 0.25) is 0 Å². The van der Waals surface area contributed by atoms with Crippen molar-refractivity contribution in [1.29, 1.82) is 0 Å². The molecular formula is C18H15N3O4S. The van der Waals surface area contributed by atoms with Gasteiger partial charge in [0.1, 0.15) is 0 Å². The third kappa shape index (κ3) is 4.04. The van der Waals surface area contributed by atoms with E-state index in [-0.39, 0.29) is 4.90 Å². The molecule has 0 spiro atoms. The Morgan fingerprint density at radius 3 is 2.19 bits per heavy atom. The number of nitrogens with one attached hydrogen (secondary N) is 1. The lowest BCUT2D eigenvalue weighted by Crippen LogP contribution is -2.14. The van der Waals surface area contributed by atoms with E-state index in [0.717, 1.165) is 17.2 Å². The van der Waals surface area contributed by atoms with Crippen molar-refractivity contribution in [1.82, 2.24) is 4.98 Å². The summed E-state index contributed by atoms with van der Waals surface area (Å²) in [5, 5.41) is 11.0. The second-order valence-electron chi connectivity index (χ2n) is 5.56. The lowest BCUT2D eigenvalue weighted by molar-refractivity contribution is -0.387. The summed E-state index contributed by atoms with van der Waals surface area (Å²) >= 11 is 0. The first-order valence-corrected chi connectivity index (χ1v) is 9.18. The minimum absolute atomic E-state index is 0.335. The van der Waals surface area contributed by atoms with E-state index in [0.29, 0.717) is 12.1 Å². The minimum Gasteiger partial charge on any atom is -0.279 e. The maximum atomic E-state index is 12.5. The van der Waals surface area contributed by atoms with Gasteiger partial charge < -0.3 is 0 Å². The van der Waals surface area contributed by atoms with Crippen LogP contribution < -0.4 is 4.72 Å². The van der Waals surface area contributed by atoms with Crippen LogP contribution in [0, 0.1) is 10.1 Å². The molecule has 0 aliphatic rings. The number of rotatable bonds is 6.